The maximum absolute atomic E-state index is 11.0. The third-order valence-electron chi connectivity index (χ3n) is 2.92. The number of para-hydroxylation sites is 1. The van der Waals surface area contributed by atoms with E-state index in [1.807, 2.05) is 60.0 Å². The summed E-state index contributed by atoms with van der Waals surface area (Å²) in [6.45, 7) is 1.47. The molecule has 3 aromatic rings. The van der Waals surface area contributed by atoms with Crippen molar-refractivity contribution in [2.45, 2.75) is 6.92 Å². The standard InChI is InChI=1S/C17H14N2O2S/c1-12(20)18-17-19-16(11-22-17)13-7-9-15(10-8-13)21-14-5-3-2-4-6-14/h2-11H,1H3,(H,18,19,20). The Balaban J connectivity index is 1.73. The van der Waals surface area contributed by atoms with Gasteiger partial charge in [0.15, 0.2) is 5.13 Å². The Bertz CT molecular complexity index is 767. The van der Waals surface area contributed by atoms with Crippen LogP contribution < -0.4 is 10.1 Å². The lowest BCUT2D eigenvalue weighted by molar-refractivity contribution is -0.114. The Morgan fingerprint density at radius 2 is 1.73 bits per heavy atom. The Hall–Kier alpha value is -2.66. The van der Waals surface area contributed by atoms with Gasteiger partial charge >= 0.3 is 0 Å². The second-order valence-corrected chi connectivity index (χ2v) is 5.52. The SMILES string of the molecule is CC(=O)Nc1nc(-c2ccc(Oc3ccccc3)cc2)cs1. The normalized spacial score (nSPS) is 10.2. The Labute approximate surface area is 132 Å². The van der Waals surface area contributed by atoms with Gasteiger partial charge in [-0.25, -0.2) is 4.98 Å². The quantitative estimate of drug-likeness (QED) is 0.768. The molecular formula is C17H14N2O2S. The molecular weight excluding hydrogens is 296 g/mol. The molecule has 0 radical (unpaired) electrons. The van der Waals surface area contributed by atoms with Gasteiger partial charge in [0.05, 0.1) is 5.69 Å². The van der Waals surface area contributed by atoms with Gasteiger partial charge in [0.25, 0.3) is 0 Å². The largest absolute Gasteiger partial charge is 0.457 e. The topological polar surface area (TPSA) is 51.2 Å². The number of carbonyl (C=O) groups excluding carboxylic acids is 1. The molecule has 1 amide bonds. The number of aromatic nitrogens is 1. The minimum absolute atomic E-state index is 0.118. The molecule has 0 fully saturated rings. The summed E-state index contributed by atoms with van der Waals surface area (Å²) in [5, 5.41) is 5.20. The summed E-state index contributed by atoms with van der Waals surface area (Å²) in [5.74, 6) is 1.46. The molecule has 110 valence electrons. The van der Waals surface area contributed by atoms with Crippen LogP contribution in [0.3, 0.4) is 0 Å². The molecule has 0 spiro atoms. The van der Waals surface area contributed by atoms with Crippen molar-refractivity contribution in [2.24, 2.45) is 0 Å². The first-order valence-corrected chi connectivity index (χ1v) is 7.65. The number of nitrogens with one attached hydrogen (secondary N) is 1. The summed E-state index contributed by atoms with van der Waals surface area (Å²) >= 11 is 1.41. The number of hydrogen-bond donors (Lipinski definition) is 1. The highest BCUT2D eigenvalue weighted by Gasteiger charge is 2.06. The molecule has 5 heteroatoms. The molecule has 0 aliphatic heterocycles. The van der Waals surface area contributed by atoms with Gasteiger partial charge in [-0.05, 0) is 36.4 Å². The Morgan fingerprint density at radius 3 is 2.41 bits per heavy atom. The van der Waals surface area contributed by atoms with Gasteiger partial charge in [-0.1, -0.05) is 18.2 Å². The van der Waals surface area contributed by atoms with Gasteiger partial charge in [-0.3, -0.25) is 4.79 Å². The molecule has 0 bridgehead atoms. The average Bonchev–Trinajstić information content (AvgIpc) is 2.97. The number of thiazole rings is 1. The van der Waals surface area contributed by atoms with Crippen LogP contribution in [-0.2, 0) is 4.79 Å². The van der Waals surface area contributed by atoms with E-state index in [1.54, 1.807) is 0 Å². The van der Waals surface area contributed by atoms with Crippen molar-refractivity contribution in [1.29, 1.82) is 0 Å². The van der Waals surface area contributed by atoms with E-state index in [1.165, 1.54) is 18.3 Å². The van der Waals surface area contributed by atoms with Crippen LogP contribution in [0.5, 0.6) is 11.5 Å². The zero-order chi connectivity index (χ0) is 15.4. The Morgan fingerprint density at radius 1 is 1.05 bits per heavy atom. The zero-order valence-electron chi connectivity index (χ0n) is 11.9. The third-order valence-corrected chi connectivity index (χ3v) is 3.67. The highest BCUT2D eigenvalue weighted by atomic mass is 32.1. The summed E-state index contributed by atoms with van der Waals surface area (Å²) < 4.78 is 5.75. The summed E-state index contributed by atoms with van der Waals surface area (Å²) in [4.78, 5) is 15.4. The van der Waals surface area contributed by atoms with Crippen LogP contribution in [0.15, 0.2) is 60.0 Å². The molecule has 0 saturated heterocycles. The summed E-state index contributed by atoms with van der Waals surface area (Å²) in [6, 6.07) is 17.3. The second-order valence-electron chi connectivity index (χ2n) is 4.66. The molecule has 0 aliphatic rings. The summed E-state index contributed by atoms with van der Waals surface area (Å²) in [7, 11) is 0. The molecule has 0 atom stereocenters. The maximum atomic E-state index is 11.0. The highest BCUT2D eigenvalue weighted by Crippen LogP contribution is 2.28. The van der Waals surface area contributed by atoms with Crippen molar-refractivity contribution in [2.75, 3.05) is 5.32 Å². The summed E-state index contributed by atoms with van der Waals surface area (Å²) in [6.07, 6.45) is 0. The van der Waals surface area contributed by atoms with E-state index in [4.69, 9.17) is 4.74 Å². The number of nitrogens with zero attached hydrogens (tertiary/aromatic N) is 1. The first-order valence-electron chi connectivity index (χ1n) is 6.77. The van der Waals surface area contributed by atoms with Crippen LogP contribution in [-0.4, -0.2) is 10.9 Å². The molecule has 2 aromatic carbocycles. The van der Waals surface area contributed by atoms with E-state index in [0.717, 1.165) is 22.8 Å². The molecule has 4 nitrogen and oxygen atoms in total. The van der Waals surface area contributed by atoms with Crippen LogP contribution >= 0.6 is 11.3 Å². The number of rotatable bonds is 4. The summed E-state index contributed by atoms with van der Waals surface area (Å²) in [5.41, 5.74) is 1.81. The lowest BCUT2D eigenvalue weighted by Gasteiger charge is -2.05. The van der Waals surface area contributed by atoms with E-state index in [0.29, 0.717) is 5.13 Å². The van der Waals surface area contributed by atoms with Crippen LogP contribution in [0, 0.1) is 0 Å². The molecule has 22 heavy (non-hydrogen) atoms. The highest BCUT2D eigenvalue weighted by molar-refractivity contribution is 7.14. The lowest BCUT2D eigenvalue weighted by Crippen LogP contribution is -2.04. The van der Waals surface area contributed by atoms with E-state index in [2.05, 4.69) is 10.3 Å². The van der Waals surface area contributed by atoms with Gasteiger partial charge < -0.3 is 10.1 Å². The van der Waals surface area contributed by atoms with Crippen molar-refractivity contribution >= 4 is 22.4 Å². The third kappa shape index (κ3) is 3.51. The first-order chi connectivity index (χ1) is 10.7. The fourth-order valence-corrected chi connectivity index (χ4v) is 2.70. The van der Waals surface area contributed by atoms with Crippen molar-refractivity contribution in [3.8, 4) is 22.8 Å². The number of anilines is 1. The average molecular weight is 310 g/mol. The van der Waals surface area contributed by atoms with Crippen molar-refractivity contribution < 1.29 is 9.53 Å². The van der Waals surface area contributed by atoms with E-state index < -0.39 is 0 Å². The van der Waals surface area contributed by atoms with Crippen LogP contribution in [0.2, 0.25) is 0 Å². The monoisotopic (exact) mass is 310 g/mol. The fraction of sp³-hybridized carbons (Fsp3) is 0.0588. The van der Waals surface area contributed by atoms with Crippen LogP contribution in [0.4, 0.5) is 5.13 Å². The number of ether oxygens (including phenoxy) is 1. The minimum Gasteiger partial charge on any atom is -0.457 e. The molecule has 3 rings (SSSR count). The van der Waals surface area contributed by atoms with E-state index >= 15 is 0 Å². The second kappa shape index (κ2) is 6.41. The van der Waals surface area contributed by atoms with Gasteiger partial charge in [-0.2, -0.15) is 0 Å². The van der Waals surface area contributed by atoms with Gasteiger partial charge in [0, 0.05) is 17.9 Å². The molecule has 0 unspecified atom stereocenters. The number of benzene rings is 2. The minimum atomic E-state index is -0.118. The molecule has 1 N–H and O–H groups in total. The predicted molar refractivity (Wildman–Crippen MR) is 88.4 cm³/mol. The fourth-order valence-electron chi connectivity index (χ4n) is 1.93. The lowest BCUT2D eigenvalue weighted by atomic mass is 10.2. The molecule has 1 heterocycles. The Kier molecular flexibility index (Phi) is 4.16. The first kappa shape index (κ1) is 14.3. The molecule has 0 aliphatic carbocycles. The number of amides is 1. The predicted octanol–water partition coefficient (Wildman–Crippen LogP) is 4.56. The van der Waals surface area contributed by atoms with Gasteiger partial charge in [-0.15, -0.1) is 11.3 Å². The zero-order valence-corrected chi connectivity index (χ0v) is 12.8. The van der Waals surface area contributed by atoms with Crippen molar-refractivity contribution in [3.63, 3.8) is 0 Å². The van der Waals surface area contributed by atoms with E-state index in [-0.39, 0.29) is 5.91 Å². The van der Waals surface area contributed by atoms with Crippen LogP contribution in [0.25, 0.3) is 11.3 Å². The molecule has 0 saturated carbocycles. The van der Waals surface area contributed by atoms with Crippen LogP contribution in [0.1, 0.15) is 6.92 Å². The smallest absolute Gasteiger partial charge is 0.223 e. The number of hydrogen-bond acceptors (Lipinski definition) is 4. The molecule has 1 aromatic heterocycles. The maximum Gasteiger partial charge on any atom is 0.223 e. The van der Waals surface area contributed by atoms with Gasteiger partial charge in [0.1, 0.15) is 11.5 Å². The van der Waals surface area contributed by atoms with E-state index in [9.17, 15) is 4.79 Å². The number of carbonyl (C=O) groups is 1. The van der Waals surface area contributed by atoms with Crippen molar-refractivity contribution in [3.05, 3.63) is 60.0 Å². The van der Waals surface area contributed by atoms with Gasteiger partial charge in [0.2, 0.25) is 5.91 Å². The van der Waals surface area contributed by atoms with Crippen molar-refractivity contribution in [1.82, 2.24) is 4.98 Å².